The molecule has 5 heteroatoms. The second-order valence-corrected chi connectivity index (χ2v) is 6.49. The Kier molecular flexibility index (Phi) is 5.54. The fourth-order valence-electron chi connectivity index (χ4n) is 2.71. The average Bonchev–Trinajstić information content (AvgIpc) is 2.72. The summed E-state index contributed by atoms with van der Waals surface area (Å²) >= 11 is 0. The van der Waals surface area contributed by atoms with E-state index >= 15 is 0 Å². The summed E-state index contributed by atoms with van der Waals surface area (Å²) in [5.41, 5.74) is 0. The highest BCUT2D eigenvalue weighted by atomic mass is 15.3. The molecule has 1 aliphatic heterocycles. The molecular weight excluding hydrogens is 250 g/mol. The number of aromatic nitrogens is 3. The van der Waals surface area contributed by atoms with E-state index in [9.17, 15) is 0 Å². The molecule has 5 nitrogen and oxygen atoms in total. The van der Waals surface area contributed by atoms with Gasteiger partial charge in [0.25, 0.3) is 0 Å². The van der Waals surface area contributed by atoms with E-state index in [2.05, 4.69) is 38.8 Å². The van der Waals surface area contributed by atoms with Crippen LogP contribution < -0.4 is 5.32 Å². The Balaban J connectivity index is 1.70. The zero-order valence-electron chi connectivity index (χ0n) is 13.4. The third-order valence-electron chi connectivity index (χ3n) is 4.24. The van der Waals surface area contributed by atoms with Crippen LogP contribution in [0.15, 0.2) is 0 Å². The first kappa shape index (κ1) is 15.4. The number of aryl methyl sites for hydroxylation is 1. The van der Waals surface area contributed by atoms with Crippen molar-refractivity contribution in [3.63, 3.8) is 0 Å². The van der Waals surface area contributed by atoms with Crippen LogP contribution in [-0.2, 0) is 13.6 Å². The van der Waals surface area contributed by atoms with Crippen molar-refractivity contribution in [3.8, 4) is 0 Å². The maximum absolute atomic E-state index is 4.26. The molecule has 1 aromatic heterocycles. The van der Waals surface area contributed by atoms with Gasteiger partial charge < -0.3 is 9.88 Å². The van der Waals surface area contributed by atoms with Gasteiger partial charge in [0.2, 0.25) is 0 Å². The van der Waals surface area contributed by atoms with Gasteiger partial charge in [-0.2, -0.15) is 0 Å². The number of nitrogens with one attached hydrogen (secondary N) is 1. The van der Waals surface area contributed by atoms with Gasteiger partial charge in [0.05, 0.1) is 6.54 Å². The van der Waals surface area contributed by atoms with E-state index in [1.165, 1.54) is 32.5 Å². The van der Waals surface area contributed by atoms with Crippen LogP contribution in [0.3, 0.4) is 0 Å². The molecule has 0 bridgehead atoms. The van der Waals surface area contributed by atoms with Crippen molar-refractivity contribution >= 4 is 0 Å². The Morgan fingerprint density at radius 3 is 2.50 bits per heavy atom. The van der Waals surface area contributed by atoms with Crippen molar-refractivity contribution in [2.75, 3.05) is 26.2 Å². The summed E-state index contributed by atoms with van der Waals surface area (Å²) in [7, 11) is 2.05. The largest absolute Gasteiger partial charge is 0.317 e. The van der Waals surface area contributed by atoms with E-state index in [0.29, 0.717) is 0 Å². The van der Waals surface area contributed by atoms with Crippen molar-refractivity contribution in [2.45, 2.75) is 40.2 Å². The summed E-state index contributed by atoms with van der Waals surface area (Å²) in [5, 5.41) is 12.0. The van der Waals surface area contributed by atoms with Gasteiger partial charge in [-0.1, -0.05) is 13.8 Å². The minimum Gasteiger partial charge on any atom is -0.317 e. The Hall–Kier alpha value is -0.940. The number of rotatable bonds is 6. The molecule has 1 aromatic rings. The van der Waals surface area contributed by atoms with Crippen molar-refractivity contribution < 1.29 is 0 Å². The number of hydrogen-bond acceptors (Lipinski definition) is 4. The lowest BCUT2D eigenvalue weighted by molar-refractivity contribution is 0.170. The highest BCUT2D eigenvalue weighted by molar-refractivity contribution is 4.93. The minimum absolute atomic E-state index is 0.745. The highest BCUT2D eigenvalue weighted by Crippen LogP contribution is 2.18. The summed E-state index contributed by atoms with van der Waals surface area (Å²) in [6, 6.07) is 0. The second-order valence-electron chi connectivity index (χ2n) is 6.49. The topological polar surface area (TPSA) is 46.0 Å². The number of likely N-dealkylation sites (tertiary alicyclic amines) is 1. The molecule has 114 valence electrons. The second kappa shape index (κ2) is 7.18. The number of nitrogens with zero attached hydrogens (tertiary/aromatic N) is 4. The predicted molar refractivity (Wildman–Crippen MR) is 81.4 cm³/mol. The fourth-order valence-corrected chi connectivity index (χ4v) is 2.71. The molecule has 0 aliphatic carbocycles. The molecule has 1 N–H and O–H groups in total. The number of hydrogen-bond donors (Lipinski definition) is 1. The summed E-state index contributed by atoms with van der Waals surface area (Å²) in [6.07, 6.45) is 2.59. The van der Waals surface area contributed by atoms with Gasteiger partial charge in [0.1, 0.15) is 11.6 Å². The normalized spacial score (nSPS) is 18.1. The quantitative estimate of drug-likeness (QED) is 0.859. The van der Waals surface area contributed by atoms with Crippen LogP contribution in [0.4, 0.5) is 0 Å². The van der Waals surface area contributed by atoms with Crippen molar-refractivity contribution in [1.82, 2.24) is 25.0 Å². The van der Waals surface area contributed by atoms with Crippen LogP contribution in [-0.4, -0.2) is 45.8 Å². The van der Waals surface area contributed by atoms with Gasteiger partial charge in [0, 0.05) is 7.05 Å². The summed E-state index contributed by atoms with van der Waals surface area (Å²) in [6.45, 7) is 12.1. The van der Waals surface area contributed by atoms with Crippen molar-refractivity contribution in [1.29, 1.82) is 0 Å². The third-order valence-corrected chi connectivity index (χ3v) is 4.24. The Bertz CT molecular complexity index is 404. The van der Waals surface area contributed by atoms with Crippen LogP contribution >= 0.6 is 0 Å². The lowest BCUT2D eigenvalue weighted by atomic mass is 9.96. The molecule has 0 amide bonds. The van der Waals surface area contributed by atoms with Gasteiger partial charge in [0.15, 0.2) is 0 Å². The lowest BCUT2D eigenvalue weighted by Gasteiger charge is -2.31. The van der Waals surface area contributed by atoms with E-state index in [1.807, 2.05) is 14.0 Å². The maximum atomic E-state index is 4.26. The zero-order chi connectivity index (χ0) is 14.5. The Morgan fingerprint density at radius 1 is 1.25 bits per heavy atom. The molecule has 0 unspecified atom stereocenters. The molecule has 1 saturated heterocycles. The number of piperidine rings is 1. The molecule has 0 radical (unpaired) electrons. The van der Waals surface area contributed by atoms with E-state index in [0.717, 1.165) is 36.6 Å². The molecule has 0 spiro atoms. The Labute approximate surface area is 122 Å². The third kappa shape index (κ3) is 4.28. The first-order valence-electron chi connectivity index (χ1n) is 7.84. The molecule has 20 heavy (non-hydrogen) atoms. The fraction of sp³-hybridized carbons (Fsp3) is 0.867. The molecule has 0 atom stereocenters. The zero-order valence-corrected chi connectivity index (χ0v) is 13.4. The molecule has 2 rings (SSSR count). The highest BCUT2D eigenvalue weighted by Gasteiger charge is 2.20. The van der Waals surface area contributed by atoms with Gasteiger partial charge in [-0.25, -0.2) is 0 Å². The lowest BCUT2D eigenvalue weighted by Crippen LogP contribution is -2.38. The molecule has 0 aromatic carbocycles. The maximum Gasteiger partial charge on any atom is 0.146 e. The van der Waals surface area contributed by atoms with Crippen LogP contribution in [0.25, 0.3) is 0 Å². The monoisotopic (exact) mass is 279 g/mol. The summed E-state index contributed by atoms with van der Waals surface area (Å²) in [4.78, 5) is 2.50. The molecule has 2 heterocycles. The molecular formula is C15H29N5. The van der Waals surface area contributed by atoms with Gasteiger partial charge in [-0.15, -0.1) is 10.2 Å². The van der Waals surface area contributed by atoms with Crippen molar-refractivity contribution in [3.05, 3.63) is 11.6 Å². The van der Waals surface area contributed by atoms with E-state index in [4.69, 9.17) is 0 Å². The van der Waals surface area contributed by atoms with Gasteiger partial charge in [-0.3, -0.25) is 4.90 Å². The van der Waals surface area contributed by atoms with E-state index < -0.39 is 0 Å². The average molecular weight is 279 g/mol. The first-order valence-corrected chi connectivity index (χ1v) is 7.84. The first-order chi connectivity index (χ1) is 9.56. The van der Waals surface area contributed by atoms with Crippen molar-refractivity contribution in [2.24, 2.45) is 18.9 Å². The summed E-state index contributed by atoms with van der Waals surface area (Å²) in [5.74, 6) is 3.66. The molecule has 0 saturated carbocycles. The van der Waals surface area contributed by atoms with Crippen LogP contribution in [0.2, 0.25) is 0 Å². The van der Waals surface area contributed by atoms with Gasteiger partial charge in [-0.05, 0) is 57.8 Å². The van der Waals surface area contributed by atoms with Crippen LogP contribution in [0.1, 0.15) is 38.3 Å². The Morgan fingerprint density at radius 2 is 1.95 bits per heavy atom. The van der Waals surface area contributed by atoms with Gasteiger partial charge >= 0.3 is 0 Å². The predicted octanol–water partition coefficient (Wildman–Crippen LogP) is 1.58. The summed E-state index contributed by atoms with van der Waals surface area (Å²) < 4.78 is 2.09. The van der Waals surface area contributed by atoms with Crippen LogP contribution in [0.5, 0.6) is 0 Å². The van der Waals surface area contributed by atoms with E-state index in [1.54, 1.807) is 0 Å². The SMILES string of the molecule is Cc1nnc(CN2CCC(CNCC(C)C)CC2)n1C. The standard InChI is InChI=1S/C15H29N5/c1-12(2)9-16-10-14-5-7-20(8-6-14)11-15-18-17-13(3)19(15)4/h12,14,16H,5-11H2,1-4H3. The van der Waals surface area contributed by atoms with E-state index in [-0.39, 0.29) is 0 Å². The molecule has 1 fully saturated rings. The smallest absolute Gasteiger partial charge is 0.146 e. The molecule has 1 aliphatic rings. The minimum atomic E-state index is 0.745. The van der Waals surface area contributed by atoms with Crippen LogP contribution in [0, 0.1) is 18.8 Å².